The number of hydrogen-bond acceptors (Lipinski definition) is 3. The number of nitrogens with one attached hydrogen (secondary N) is 2. The fraction of sp³-hybridized carbons (Fsp3) is 0.533. The maximum Gasteiger partial charge on any atom is 0.319 e. The average molecular weight is 297 g/mol. The van der Waals surface area contributed by atoms with Crippen molar-refractivity contribution in [3.8, 4) is 0 Å². The number of halogens is 1. The Kier molecular flexibility index (Phi) is 6.42. The van der Waals surface area contributed by atoms with Gasteiger partial charge in [-0.15, -0.1) is 0 Å². The molecule has 1 aromatic rings. The van der Waals surface area contributed by atoms with Crippen LogP contribution in [-0.2, 0) is 4.74 Å². The van der Waals surface area contributed by atoms with E-state index in [9.17, 15) is 9.18 Å². The number of anilines is 2. The molecule has 0 aliphatic heterocycles. The summed E-state index contributed by atoms with van der Waals surface area (Å²) in [6, 6.07) is 4.34. The zero-order valence-corrected chi connectivity index (χ0v) is 13.2. The van der Waals surface area contributed by atoms with Gasteiger partial charge in [0.05, 0.1) is 18.3 Å². The second-order valence-electron chi connectivity index (χ2n) is 5.33. The van der Waals surface area contributed by atoms with E-state index in [2.05, 4.69) is 10.6 Å². The number of ether oxygens (including phenoxy) is 1. The van der Waals surface area contributed by atoms with Crippen LogP contribution in [-0.4, -0.2) is 38.9 Å². The number of carbonyl (C=O) groups excluding carboxylic acids is 1. The van der Waals surface area contributed by atoms with Gasteiger partial charge in [-0.2, -0.15) is 0 Å². The minimum Gasteiger partial charge on any atom is -0.383 e. The van der Waals surface area contributed by atoms with Crippen LogP contribution in [0.2, 0.25) is 0 Å². The lowest BCUT2D eigenvalue weighted by Gasteiger charge is -2.24. The SMILES string of the molecule is COCC(C)NC(=O)Nc1ccc(N(C)C(C)C)c(F)c1. The van der Waals surface area contributed by atoms with Gasteiger partial charge >= 0.3 is 6.03 Å². The predicted octanol–water partition coefficient (Wildman–Crippen LogP) is 2.83. The first kappa shape index (κ1) is 17.2. The van der Waals surface area contributed by atoms with Crippen molar-refractivity contribution in [3.63, 3.8) is 0 Å². The molecule has 0 saturated carbocycles. The first-order valence-corrected chi connectivity index (χ1v) is 6.94. The Morgan fingerprint density at radius 2 is 2.05 bits per heavy atom. The van der Waals surface area contributed by atoms with Crippen LogP contribution < -0.4 is 15.5 Å². The standard InChI is InChI=1S/C15H24FN3O2/c1-10(2)19(4)14-7-6-12(8-13(14)16)18-15(20)17-11(3)9-21-5/h6-8,10-11H,9H2,1-5H3,(H2,17,18,20). The highest BCUT2D eigenvalue weighted by Gasteiger charge is 2.12. The normalized spacial score (nSPS) is 12.1. The summed E-state index contributed by atoms with van der Waals surface area (Å²) in [5, 5.41) is 5.30. The molecule has 1 rings (SSSR count). The number of hydrogen-bond donors (Lipinski definition) is 2. The molecule has 0 aliphatic rings. The number of benzene rings is 1. The molecule has 0 aliphatic carbocycles. The van der Waals surface area contributed by atoms with Crippen LogP contribution in [0.3, 0.4) is 0 Å². The Hall–Kier alpha value is -1.82. The molecule has 118 valence electrons. The van der Waals surface area contributed by atoms with Crippen LogP contribution in [0.1, 0.15) is 20.8 Å². The molecule has 21 heavy (non-hydrogen) atoms. The molecule has 0 saturated heterocycles. The zero-order valence-electron chi connectivity index (χ0n) is 13.2. The molecule has 1 aromatic carbocycles. The molecule has 0 fully saturated rings. The smallest absolute Gasteiger partial charge is 0.319 e. The van der Waals surface area contributed by atoms with Crippen LogP contribution >= 0.6 is 0 Å². The van der Waals surface area contributed by atoms with Gasteiger partial charge in [-0.25, -0.2) is 9.18 Å². The fourth-order valence-corrected chi connectivity index (χ4v) is 1.83. The van der Waals surface area contributed by atoms with E-state index in [1.807, 2.05) is 32.7 Å². The number of amides is 2. The van der Waals surface area contributed by atoms with Crippen molar-refractivity contribution in [3.05, 3.63) is 24.0 Å². The lowest BCUT2D eigenvalue weighted by Crippen LogP contribution is -2.38. The number of methoxy groups -OCH3 is 1. The summed E-state index contributed by atoms with van der Waals surface area (Å²) in [6.07, 6.45) is 0. The van der Waals surface area contributed by atoms with Crippen LogP contribution in [0.5, 0.6) is 0 Å². The molecular weight excluding hydrogens is 273 g/mol. The fourth-order valence-electron chi connectivity index (χ4n) is 1.83. The molecule has 0 spiro atoms. The molecular formula is C15H24FN3O2. The Bertz CT molecular complexity index is 480. The third kappa shape index (κ3) is 5.23. The van der Waals surface area contributed by atoms with E-state index in [0.29, 0.717) is 18.0 Å². The molecule has 0 aromatic heterocycles. The van der Waals surface area contributed by atoms with Gasteiger partial charge in [-0.1, -0.05) is 0 Å². The van der Waals surface area contributed by atoms with Crippen molar-refractivity contribution in [2.45, 2.75) is 32.9 Å². The second-order valence-corrected chi connectivity index (χ2v) is 5.33. The van der Waals surface area contributed by atoms with Gasteiger partial charge in [0.2, 0.25) is 0 Å². The number of nitrogens with zero attached hydrogens (tertiary/aromatic N) is 1. The average Bonchev–Trinajstić information content (AvgIpc) is 2.37. The van der Waals surface area contributed by atoms with Crippen LogP contribution in [0.4, 0.5) is 20.6 Å². The molecule has 5 nitrogen and oxygen atoms in total. The summed E-state index contributed by atoms with van der Waals surface area (Å²) in [5.41, 5.74) is 0.916. The Balaban J connectivity index is 2.69. The van der Waals surface area contributed by atoms with E-state index >= 15 is 0 Å². The van der Waals surface area contributed by atoms with Crippen molar-refractivity contribution >= 4 is 17.4 Å². The summed E-state index contributed by atoms with van der Waals surface area (Å²) < 4.78 is 19.0. The van der Waals surface area contributed by atoms with Crippen molar-refractivity contribution in [2.24, 2.45) is 0 Å². The van der Waals surface area contributed by atoms with Gasteiger partial charge in [0.25, 0.3) is 0 Å². The quantitative estimate of drug-likeness (QED) is 0.849. The Morgan fingerprint density at radius 3 is 2.57 bits per heavy atom. The number of rotatable bonds is 6. The van der Waals surface area contributed by atoms with Crippen molar-refractivity contribution in [2.75, 3.05) is 31.0 Å². The van der Waals surface area contributed by atoms with Gasteiger partial charge < -0.3 is 20.3 Å². The summed E-state index contributed by atoms with van der Waals surface area (Å²) >= 11 is 0. The second kappa shape index (κ2) is 7.83. The largest absolute Gasteiger partial charge is 0.383 e. The van der Waals surface area contributed by atoms with Gasteiger partial charge in [0.15, 0.2) is 0 Å². The van der Waals surface area contributed by atoms with E-state index in [4.69, 9.17) is 4.74 Å². The molecule has 1 unspecified atom stereocenters. The first-order chi connectivity index (χ1) is 9.85. The van der Waals surface area contributed by atoms with E-state index in [-0.39, 0.29) is 23.9 Å². The lowest BCUT2D eigenvalue weighted by molar-refractivity contribution is 0.173. The minimum atomic E-state index is -0.385. The van der Waals surface area contributed by atoms with E-state index in [1.165, 1.54) is 6.07 Å². The highest BCUT2D eigenvalue weighted by atomic mass is 19.1. The number of carbonyl (C=O) groups is 1. The zero-order chi connectivity index (χ0) is 16.0. The predicted molar refractivity (Wildman–Crippen MR) is 83.4 cm³/mol. The van der Waals surface area contributed by atoms with Crippen LogP contribution in [0, 0.1) is 5.82 Å². The summed E-state index contributed by atoms with van der Waals surface area (Å²) in [6.45, 7) is 6.21. The third-order valence-electron chi connectivity index (χ3n) is 3.15. The van der Waals surface area contributed by atoms with Crippen molar-refractivity contribution in [1.82, 2.24) is 5.32 Å². The Labute approximate surface area is 125 Å². The summed E-state index contributed by atoms with van der Waals surface area (Å²) in [7, 11) is 3.39. The number of urea groups is 1. The lowest BCUT2D eigenvalue weighted by atomic mass is 10.2. The van der Waals surface area contributed by atoms with Gasteiger partial charge in [0.1, 0.15) is 5.82 Å². The first-order valence-electron chi connectivity index (χ1n) is 6.94. The van der Waals surface area contributed by atoms with Gasteiger partial charge in [-0.05, 0) is 39.0 Å². The van der Waals surface area contributed by atoms with E-state index in [1.54, 1.807) is 19.2 Å². The molecule has 2 N–H and O–H groups in total. The molecule has 1 atom stereocenters. The van der Waals surface area contributed by atoms with E-state index < -0.39 is 0 Å². The molecule has 2 amide bonds. The third-order valence-corrected chi connectivity index (χ3v) is 3.15. The maximum atomic E-state index is 14.1. The molecule has 6 heteroatoms. The molecule has 0 bridgehead atoms. The maximum absolute atomic E-state index is 14.1. The van der Waals surface area contributed by atoms with E-state index in [0.717, 1.165) is 0 Å². The topological polar surface area (TPSA) is 53.6 Å². The highest BCUT2D eigenvalue weighted by Crippen LogP contribution is 2.23. The minimum absolute atomic E-state index is 0.119. The molecule has 0 radical (unpaired) electrons. The van der Waals surface area contributed by atoms with Crippen LogP contribution in [0.15, 0.2) is 18.2 Å². The highest BCUT2D eigenvalue weighted by molar-refractivity contribution is 5.89. The van der Waals surface area contributed by atoms with Crippen molar-refractivity contribution < 1.29 is 13.9 Å². The van der Waals surface area contributed by atoms with Gasteiger partial charge in [-0.3, -0.25) is 0 Å². The van der Waals surface area contributed by atoms with Crippen LogP contribution in [0.25, 0.3) is 0 Å². The summed E-state index contributed by atoms with van der Waals surface area (Å²) in [4.78, 5) is 13.6. The summed E-state index contributed by atoms with van der Waals surface area (Å²) in [5.74, 6) is -0.367. The monoisotopic (exact) mass is 297 g/mol. The molecule has 0 heterocycles. The van der Waals surface area contributed by atoms with Gasteiger partial charge in [0, 0.05) is 25.9 Å². The van der Waals surface area contributed by atoms with Crippen molar-refractivity contribution in [1.29, 1.82) is 0 Å². The Morgan fingerprint density at radius 1 is 1.38 bits per heavy atom.